The van der Waals surface area contributed by atoms with Crippen molar-refractivity contribution in [3.8, 4) is 0 Å². The highest BCUT2D eigenvalue weighted by Crippen LogP contribution is 2.39. The Labute approximate surface area is 166 Å². The van der Waals surface area contributed by atoms with Crippen molar-refractivity contribution in [2.45, 2.75) is 18.9 Å². The summed E-state index contributed by atoms with van der Waals surface area (Å²) >= 11 is 0. The first-order valence-electron chi connectivity index (χ1n) is 8.62. The van der Waals surface area contributed by atoms with Crippen LogP contribution in [0.2, 0.25) is 0 Å². The summed E-state index contributed by atoms with van der Waals surface area (Å²) < 4.78 is 89.4. The lowest BCUT2D eigenvalue weighted by molar-refractivity contribution is -0.136. The molecule has 1 saturated heterocycles. The van der Waals surface area contributed by atoms with Gasteiger partial charge in [-0.25, -0.2) is 4.85 Å². The molecule has 0 unspecified atom stereocenters. The van der Waals surface area contributed by atoms with E-state index in [1.807, 2.05) is 0 Å². The Morgan fingerprint density at radius 3 is 2.40 bits per heavy atom. The second kappa shape index (κ2) is 8.39. The lowest BCUT2D eigenvalue weighted by Crippen LogP contribution is -2.36. The Balaban J connectivity index is 1.89. The van der Waals surface area contributed by atoms with Crippen LogP contribution in [-0.4, -0.2) is 49.2 Å². The van der Waals surface area contributed by atoms with Crippen molar-refractivity contribution in [1.29, 1.82) is 0 Å². The minimum atomic E-state index is -4.90. The second-order valence-corrected chi connectivity index (χ2v) is 6.36. The molecule has 0 saturated carbocycles. The van der Waals surface area contributed by atoms with Crippen LogP contribution in [0.15, 0.2) is 22.6 Å². The van der Waals surface area contributed by atoms with Gasteiger partial charge < -0.3 is 19.0 Å². The fourth-order valence-corrected chi connectivity index (χ4v) is 2.85. The molecule has 0 N–H and O–H groups in total. The SMILES string of the molecule is [C-]#[N+]c1ccc(N(Cc2nnc(N3CCOCC3)o2)CC(F)(F)F)cc1C(F)(F)F. The fourth-order valence-electron chi connectivity index (χ4n) is 2.85. The Morgan fingerprint density at radius 1 is 1.10 bits per heavy atom. The number of aromatic nitrogens is 2. The summed E-state index contributed by atoms with van der Waals surface area (Å²) in [5, 5.41) is 7.51. The van der Waals surface area contributed by atoms with Gasteiger partial charge in [0, 0.05) is 18.8 Å². The molecule has 0 aliphatic carbocycles. The van der Waals surface area contributed by atoms with Crippen LogP contribution in [0, 0.1) is 6.57 Å². The number of morpholine rings is 1. The number of alkyl halides is 6. The van der Waals surface area contributed by atoms with E-state index in [1.165, 1.54) is 0 Å². The Bertz CT molecular complexity index is 915. The van der Waals surface area contributed by atoms with Gasteiger partial charge in [-0.2, -0.15) is 26.3 Å². The summed E-state index contributed by atoms with van der Waals surface area (Å²) in [6.45, 7) is 6.50. The maximum atomic E-state index is 13.2. The molecule has 1 aliphatic heterocycles. The molecule has 1 aromatic carbocycles. The maximum absolute atomic E-state index is 13.2. The zero-order valence-electron chi connectivity index (χ0n) is 15.3. The van der Waals surface area contributed by atoms with Gasteiger partial charge in [-0.3, -0.25) is 0 Å². The Morgan fingerprint density at radius 2 is 1.80 bits per heavy atom. The van der Waals surface area contributed by atoms with Gasteiger partial charge in [-0.1, -0.05) is 11.2 Å². The summed E-state index contributed by atoms with van der Waals surface area (Å²) in [4.78, 5) is 5.12. The van der Waals surface area contributed by atoms with Gasteiger partial charge in [0.15, 0.2) is 5.69 Å². The molecule has 162 valence electrons. The van der Waals surface area contributed by atoms with Gasteiger partial charge in [-0.15, -0.1) is 5.10 Å². The summed E-state index contributed by atoms with van der Waals surface area (Å²) in [5.41, 5.74) is -2.40. The van der Waals surface area contributed by atoms with Crippen molar-refractivity contribution in [3.05, 3.63) is 41.1 Å². The van der Waals surface area contributed by atoms with E-state index in [4.69, 9.17) is 15.7 Å². The van der Waals surface area contributed by atoms with Crippen molar-refractivity contribution in [3.63, 3.8) is 0 Å². The number of benzene rings is 1. The van der Waals surface area contributed by atoms with Gasteiger partial charge in [-0.05, 0) is 12.1 Å². The molecule has 0 amide bonds. The van der Waals surface area contributed by atoms with Crippen LogP contribution in [0.25, 0.3) is 4.85 Å². The normalized spacial score (nSPS) is 15.2. The number of ether oxygens (including phenoxy) is 1. The Hall–Kier alpha value is -3.01. The van der Waals surface area contributed by atoms with Gasteiger partial charge in [0.05, 0.1) is 31.9 Å². The third-order valence-corrected chi connectivity index (χ3v) is 4.21. The van der Waals surface area contributed by atoms with E-state index < -0.39 is 36.7 Å². The molecule has 13 heteroatoms. The van der Waals surface area contributed by atoms with Crippen LogP contribution in [0.5, 0.6) is 0 Å². The van der Waals surface area contributed by atoms with Gasteiger partial charge in [0.25, 0.3) is 0 Å². The number of hydrogen-bond acceptors (Lipinski definition) is 6. The number of nitrogens with zero attached hydrogens (tertiary/aromatic N) is 5. The molecule has 1 aromatic heterocycles. The summed E-state index contributed by atoms with van der Waals surface area (Å²) in [5.74, 6) is -0.191. The average molecular weight is 435 g/mol. The topological polar surface area (TPSA) is 59.0 Å². The minimum absolute atomic E-state index is 0.0968. The number of rotatable bonds is 5. The third kappa shape index (κ3) is 5.32. The number of halogens is 6. The van der Waals surface area contributed by atoms with E-state index in [2.05, 4.69) is 15.0 Å². The summed E-state index contributed by atoms with van der Waals surface area (Å²) in [6.07, 6.45) is -9.60. The lowest BCUT2D eigenvalue weighted by atomic mass is 10.1. The van der Waals surface area contributed by atoms with Crippen molar-refractivity contribution >= 4 is 17.4 Å². The first-order chi connectivity index (χ1) is 14.1. The van der Waals surface area contributed by atoms with Crippen LogP contribution in [0.4, 0.5) is 43.7 Å². The molecule has 0 spiro atoms. The molecule has 2 aromatic rings. The molecule has 3 rings (SSSR count). The summed E-state index contributed by atoms with van der Waals surface area (Å²) in [7, 11) is 0. The maximum Gasteiger partial charge on any atom is 0.407 e. The first-order valence-corrected chi connectivity index (χ1v) is 8.62. The highest BCUT2D eigenvalue weighted by atomic mass is 19.4. The van der Waals surface area contributed by atoms with Crippen molar-refractivity contribution < 1.29 is 35.5 Å². The van der Waals surface area contributed by atoms with E-state index in [1.54, 1.807) is 4.90 Å². The van der Waals surface area contributed by atoms with Gasteiger partial charge in [0.1, 0.15) is 6.54 Å². The van der Waals surface area contributed by atoms with Gasteiger partial charge in [0.2, 0.25) is 5.89 Å². The molecule has 30 heavy (non-hydrogen) atoms. The summed E-state index contributed by atoms with van der Waals surface area (Å²) in [6, 6.07) is 2.47. The van der Waals surface area contributed by atoms with E-state index in [-0.39, 0.29) is 17.6 Å². The van der Waals surface area contributed by atoms with E-state index in [0.29, 0.717) is 37.3 Å². The molecule has 7 nitrogen and oxygen atoms in total. The van der Waals surface area contributed by atoms with Crippen LogP contribution < -0.4 is 9.80 Å². The second-order valence-electron chi connectivity index (χ2n) is 6.36. The van der Waals surface area contributed by atoms with Crippen LogP contribution in [-0.2, 0) is 17.5 Å². The van der Waals surface area contributed by atoms with Crippen LogP contribution >= 0.6 is 0 Å². The predicted molar refractivity (Wildman–Crippen MR) is 92.1 cm³/mol. The van der Waals surface area contributed by atoms with Gasteiger partial charge >= 0.3 is 18.4 Å². The molecule has 0 radical (unpaired) electrons. The van der Waals surface area contributed by atoms with E-state index in [0.717, 1.165) is 12.1 Å². The molecule has 2 heterocycles. The highest BCUT2D eigenvalue weighted by Gasteiger charge is 2.36. The van der Waals surface area contributed by atoms with Crippen molar-refractivity contribution in [2.24, 2.45) is 0 Å². The first kappa shape index (κ1) is 21.7. The largest absolute Gasteiger partial charge is 0.407 e. The van der Waals surface area contributed by atoms with E-state index in [9.17, 15) is 26.3 Å². The lowest BCUT2D eigenvalue weighted by Gasteiger charge is -2.26. The average Bonchev–Trinajstić information content (AvgIpc) is 3.14. The molecule has 1 aliphatic rings. The fraction of sp³-hybridized carbons (Fsp3) is 0.471. The standard InChI is InChI=1S/C17H15F6N5O2/c1-24-13-3-2-11(8-12(13)17(21,22)23)28(10-16(18,19)20)9-14-25-26-15(30-14)27-4-6-29-7-5-27/h2-3,8H,4-7,9-10H2. The molecular weight excluding hydrogens is 420 g/mol. The smallest absolute Gasteiger partial charge is 0.406 e. The number of anilines is 2. The quantitative estimate of drug-likeness (QED) is 0.522. The molecule has 0 atom stereocenters. The predicted octanol–water partition coefficient (Wildman–Crippen LogP) is 4.04. The molecule has 1 fully saturated rings. The Kier molecular flexibility index (Phi) is 6.06. The molecule has 0 bridgehead atoms. The number of hydrogen-bond donors (Lipinski definition) is 0. The highest BCUT2D eigenvalue weighted by molar-refractivity contribution is 5.62. The zero-order chi connectivity index (χ0) is 21.9. The minimum Gasteiger partial charge on any atom is -0.406 e. The third-order valence-electron chi connectivity index (χ3n) is 4.21. The molecular formula is C17H15F6N5O2. The van der Waals surface area contributed by atoms with Crippen LogP contribution in [0.1, 0.15) is 11.5 Å². The van der Waals surface area contributed by atoms with Crippen molar-refractivity contribution in [1.82, 2.24) is 10.2 Å². The van der Waals surface area contributed by atoms with E-state index >= 15 is 0 Å². The monoisotopic (exact) mass is 435 g/mol. The zero-order valence-corrected chi connectivity index (χ0v) is 15.3. The van der Waals surface area contributed by atoms with Crippen molar-refractivity contribution in [2.75, 3.05) is 42.6 Å². The van der Waals surface area contributed by atoms with Crippen LogP contribution in [0.3, 0.4) is 0 Å².